The molecule has 0 saturated carbocycles. The summed E-state index contributed by atoms with van der Waals surface area (Å²) in [7, 11) is 1.75. The maximum absolute atomic E-state index is 11.7. The Morgan fingerprint density at radius 3 is 2.60 bits per heavy atom. The van der Waals surface area contributed by atoms with E-state index in [1.54, 1.807) is 14.0 Å². The predicted molar refractivity (Wildman–Crippen MR) is 122 cm³/mol. The molecule has 2 aromatic carbocycles. The van der Waals surface area contributed by atoms with Crippen LogP contribution >= 0.6 is 0 Å². The van der Waals surface area contributed by atoms with Crippen LogP contribution in [0.2, 0.25) is 0 Å². The summed E-state index contributed by atoms with van der Waals surface area (Å²) in [5.41, 5.74) is 3.26. The van der Waals surface area contributed by atoms with Crippen LogP contribution in [0.4, 0.5) is 5.69 Å². The lowest BCUT2D eigenvalue weighted by Crippen LogP contribution is -2.55. The smallest absolute Gasteiger partial charge is 0.159 e. The number of hydrogen-bond donors (Lipinski definition) is 0. The molecule has 5 nitrogen and oxygen atoms in total. The summed E-state index contributed by atoms with van der Waals surface area (Å²) in [5.74, 6) is 1.10. The van der Waals surface area contributed by atoms with Gasteiger partial charge in [0.05, 0.1) is 12.8 Å². The lowest BCUT2D eigenvalue weighted by molar-refractivity contribution is 0.0886. The summed E-state index contributed by atoms with van der Waals surface area (Å²) in [6.07, 6.45) is 2.52. The van der Waals surface area contributed by atoms with Crippen LogP contribution in [0, 0.1) is 0 Å². The van der Waals surface area contributed by atoms with E-state index < -0.39 is 0 Å². The third-order valence-electron chi connectivity index (χ3n) is 6.48. The van der Waals surface area contributed by atoms with E-state index in [-0.39, 0.29) is 5.78 Å². The molecule has 0 aliphatic carbocycles. The van der Waals surface area contributed by atoms with E-state index in [0.29, 0.717) is 6.04 Å². The molecule has 2 aliphatic rings. The molecule has 0 spiro atoms. The number of likely N-dealkylation sites (tertiary alicyclic amines) is 1. The van der Waals surface area contributed by atoms with Crippen LogP contribution in [0.25, 0.3) is 0 Å². The number of benzene rings is 2. The summed E-state index contributed by atoms with van der Waals surface area (Å²) >= 11 is 0. The summed E-state index contributed by atoms with van der Waals surface area (Å²) in [4.78, 5) is 19.4. The van der Waals surface area contributed by atoms with Crippen molar-refractivity contribution in [3.05, 3.63) is 59.7 Å². The van der Waals surface area contributed by atoms with Crippen molar-refractivity contribution < 1.29 is 9.53 Å². The highest BCUT2D eigenvalue weighted by Crippen LogP contribution is 2.29. The molecule has 160 valence electrons. The first kappa shape index (κ1) is 20.9. The SMILES string of the molecule is COc1ccccc1N1CCN([C@@H]2CCCN(Cc3cccc(C(C)=O)c3)C2)CC1. The molecule has 2 fully saturated rings. The molecule has 0 aromatic heterocycles. The predicted octanol–water partition coefficient (Wildman–Crippen LogP) is 3.68. The largest absolute Gasteiger partial charge is 0.495 e. The highest BCUT2D eigenvalue weighted by Gasteiger charge is 2.28. The van der Waals surface area contributed by atoms with Crippen LogP contribution in [0.3, 0.4) is 0 Å². The molecular weight excluding hydrogens is 374 g/mol. The van der Waals surface area contributed by atoms with Crippen LogP contribution in [0.5, 0.6) is 5.75 Å². The number of piperidine rings is 1. The fourth-order valence-corrected chi connectivity index (χ4v) is 4.84. The van der Waals surface area contributed by atoms with Crippen molar-refractivity contribution in [2.75, 3.05) is 51.3 Å². The first-order chi connectivity index (χ1) is 14.6. The van der Waals surface area contributed by atoms with Crippen molar-refractivity contribution in [2.45, 2.75) is 32.4 Å². The van der Waals surface area contributed by atoms with Gasteiger partial charge >= 0.3 is 0 Å². The third-order valence-corrected chi connectivity index (χ3v) is 6.48. The van der Waals surface area contributed by atoms with Gasteiger partial charge in [-0.05, 0) is 50.1 Å². The lowest BCUT2D eigenvalue weighted by atomic mass is 10.0. The maximum Gasteiger partial charge on any atom is 0.159 e. The molecule has 0 radical (unpaired) electrons. The Morgan fingerprint density at radius 1 is 1.03 bits per heavy atom. The van der Waals surface area contributed by atoms with E-state index in [9.17, 15) is 4.79 Å². The summed E-state index contributed by atoms with van der Waals surface area (Å²) in [6.45, 7) is 9.09. The number of nitrogens with zero attached hydrogens (tertiary/aromatic N) is 3. The van der Waals surface area contributed by atoms with Crippen LogP contribution in [-0.4, -0.2) is 68.0 Å². The van der Waals surface area contributed by atoms with Crippen LogP contribution < -0.4 is 9.64 Å². The first-order valence-electron chi connectivity index (χ1n) is 11.1. The van der Waals surface area contributed by atoms with E-state index in [2.05, 4.69) is 39.0 Å². The molecular formula is C25H33N3O2. The number of carbonyl (C=O) groups is 1. The summed E-state index contributed by atoms with van der Waals surface area (Å²) < 4.78 is 5.55. The number of piperazine rings is 1. The Bertz CT molecular complexity index is 861. The Labute approximate surface area is 180 Å². The van der Waals surface area contributed by atoms with Gasteiger partial charge in [0.25, 0.3) is 0 Å². The monoisotopic (exact) mass is 407 g/mol. The van der Waals surface area contributed by atoms with Crippen molar-refractivity contribution in [3.8, 4) is 5.75 Å². The molecule has 4 rings (SSSR count). The fraction of sp³-hybridized carbons (Fsp3) is 0.480. The molecule has 1 atom stereocenters. The molecule has 0 bridgehead atoms. The average molecular weight is 408 g/mol. The Kier molecular flexibility index (Phi) is 6.70. The van der Waals surface area contributed by atoms with Crippen molar-refractivity contribution in [1.29, 1.82) is 0 Å². The number of Topliss-reactive ketones (excluding diaryl/α,β-unsaturated/α-hetero) is 1. The Balaban J connectivity index is 1.33. The molecule has 0 unspecified atom stereocenters. The first-order valence-corrected chi connectivity index (χ1v) is 11.1. The number of hydrogen-bond acceptors (Lipinski definition) is 5. The molecule has 2 aromatic rings. The number of anilines is 1. The second-order valence-electron chi connectivity index (χ2n) is 8.48. The highest BCUT2D eigenvalue weighted by molar-refractivity contribution is 5.94. The zero-order valence-corrected chi connectivity index (χ0v) is 18.2. The molecule has 30 heavy (non-hydrogen) atoms. The third kappa shape index (κ3) is 4.85. The number of rotatable bonds is 6. The molecule has 0 amide bonds. The molecule has 2 aliphatic heterocycles. The van der Waals surface area contributed by atoms with Crippen molar-refractivity contribution in [2.24, 2.45) is 0 Å². The Hall–Kier alpha value is -2.37. The minimum atomic E-state index is 0.140. The minimum absolute atomic E-state index is 0.140. The van der Waals surface area contributed by atoms with Gasteiger partial charge in [-0.1, -0.05) is 30.3 Å². The van der Waals surface area contributed by atoms with Crippen LogP contribution in [0.15, 0.2) is 48.5 Å². The average Bonchev–Trinajstić information content (AvgIpc) is 2.79. The van der Waals surface area contributed by atoms with Crippen molar-refractivity contribution in [1.82, 2.24) is 9.80 Å². The lowest BCUT2D eigenvalue weighted by Gasteiger charge is -2.44. The zero-order valence-electron chi connectivity index (χ0n) is 18.2. The quantitative estimate of drug-likeness (QED) is 0.683. The van der Waals surface area contributed by atoms with Gasteiger partial charge in [0, 0.05) is 50.9 Å². The highest BCUT2D eigenvalue weighted by atomic mass is 16.5. The molecule has 2 heterocycles. The van der Waals surface area contributed by atoms with Gasteiger partial charge < -0.3 is 9.64 Å². The summed E-state index contributed by atoms with van der Waals surface area (Å²) in [6, 6.07) is 17.0. The van der Waals surface area contributed by atoms with E-state index >= 15 is 0 Å². The summed E-state index contributed by atoms with van der Waals surface area (Å²) in [5, 5.41) is 0. The second kappa shape index (κ2) is 9.63. The van der Waals surface area contributed by atoms with Gasteiger partial charge in [0.15, 0.2) is 5.78 Å². The number of ketones is 1. The standard InChI is InChI=1S/C25H33N3O2/c1-20(29)22-8-5-7-21(17-22)18-26-12-6-9-23(19-26)27-13-15-28(16-14-27)24-10-3-4-11-25(24)30-2/h3-5,7-8,10-11,17,23H,6,9,12-16,18-19H2,1-2H3/t23-/m1/s1. The van der Waals surface area contributed by atoms with Crippen molar-refractivity contribution in [3.63, 3.8) is 0 Å². The molecule has 0 N–H and O–H groups in total. The second-order valence-corrected chi connectivity index (χ2v) is 8.48. The molecule has 2 saturated heterocycles. The van der Waals surface area contributed by atoms with E-state index in [1.165, 1.54) is 24.1 Å². The van der Waals surface area contributed by atoms with Gasteiger partial charge in [0.2, 0.25) is 0 Å². The number of methoxy groups -OCH3 is 1. The van der Waals surface area contributed by atoms with Gasteiger partial charge in [-0.25, -0.2) is 0 Å². The van der Waals surface area contributed by atoms with E-state index in [1.807, 2.05) is 24.3 Å². The van der Waals surface area contributed by atoms with Gasteiger partial charge in [-0.15, -0.1) is 0 Å². The van der Waals surface area contributed by atoms with Gasteiger partial charge in [-0.3, -0.25) is 14.6 Å². The molecule has 5 heteroatoms. The number of carbonyl (C=O) groups excluding carboxylic acids is 1. The Morgan fingerprint density at radius 2 is 1.83 bits per heavy atom. The van der Waals surface area contributed by atoms with E-state index in [4.69, 9.17) is 4.74 Å². The zero-order chi connectivity index (χ0) is 20.9. The maximum atomic E-state index is 11.7. The van der Waals surface area contributed by atoms with E-state index in [0.717, 1.165) is 57.1 Å². The number of ether oxygens (including phenoxy) is 1. The number of para-hydroxylation sites is 2. The normalized spacial score (nSPS) is 20.9. The van der Waals surface area contributed by atoms with Crippen molar-refractivity contribution >= 4 is 11.5 Å². The topological polar surface area (TPSA) is 36.0 Å². The van der Waals surface area contributed by atoms with Gasteiger partial charge in [-0.2, -0.15) is 0 Å². The fourth-order valence-electron chi connectivity index (χ4n) is 4.84. The van der Waals surface area contributed by atoms with Crippen LogP contribution in [0.1, 0.15) is 35.7 Å². The minimum Gasteiger partial charge on any atom is -0.495 e. The van der Waals surface area contributed by atoms with Gasteiger partial charge in [0.1, 0.15) is 5.75 Å². The van der Waals surface area contributed by atoms with Crippen LogP contribution in [-0.2, 0) is 6.54 Å².